The van der Waals surface area contributed by atoms with Crippen LogP contribution < -0.4 is 10.6 Å². The van der Waals surface area contributed by atoms with Gasteiger partial charge in [-0.25, -0.2) is 4.99 Å². The van der Waals surface area contributed by atoms with Gasteiger partial charge in [0.15, 0.2) is 6.19 Å². The highest BCUT2D eigenvalue weighted by Crippen LogP contribution is 2.24. The van der Waals surface area contributed by atoms with E-state index in [1.54, 1.807) is 0 Å². The standard InChI is InChI=1S/C36H49N7O2.C8H18/c1-4-28-11-10-27(22-29(28)5-2)23-33(35(45)41-17-12-26(3)13-18-41)40-36(39-25-37)42-19-15-31(16-20-42)43-21-14-30-8-6-7-9-32(30)38-24-34(43)44;1-3-5-7-8-6-4-2/h6-11,22,26,31,33,38H,4-5,12-21,23-24H2,1-3H3,(H,39,40);3-8H2,1-2H3/t33-;/m1./s1. The first-order valence-corrected chi connectivity index (χ1v) is 20.8. The molecule has 0 aromatic heterocycles. The summed E-state index contributed by atoms with van der Waals surface area (Å²) in [5.74, 6) is 1.22. The van der Waals surface area contributed by atoms with Crippen molar-refractivity contribution in [3.8, 4) is 6.19 Å². The molecule has 0 radical (unpaired) electrons. The summed E-state index contributed by atoms with van der Waals surface area (Å²) in [5.41, 5.74) is 6.02. The maximum atomic E-state index is 14.0. The van der Waals surface area contributed by atoms with Crippen molar-refractivity contribution < 1.29 is 9.59 Å². The SMILES string of the molecule is CCCCCCCC.CCc1ccc(C[C@@H](N=C(NC#N)N2CCC(N3CCc4ccccc4NCC3=O)CC2)C(=O)N2CCC(C)CC2)cc1CC. The molecule has 2 aromatic carbocycles. The Labute approximate surface area is 320 Å². The smallest absolute Gasteiger partial charge is 0.247 e. The molecule has 9 heteroatoms. The molecule has 1 atom stereocenters. The Hall–Kier alpha value is -4.06. The average molecular weight is 726 g/mol. The Morgan fingerprint density at radius 1 is 0.887 bits per heavy atom. The van der Waals surface area contributed by atoms with Crippen LogP contribution in [0.1, 0.15) is 121 Å². The van der Waals surface area contributed by atoms with Crippen LogP contribution >= 0.6 is 0 Å². The highest BCUT2D eigenvalue weighted by molar-refractivity contribution is 5.88. The topological polar surface area (TPSA) is 104 Å². The number of guanidine groups is 1. The number of hydrogen-bond acceptors (Lipinski definition) is 5. The fourth-order valence-electron chi connectivity index (χ4n) is 7.90. The molecule has 0 spiro atoms. The van der Waals surface area contributed by atoms with E-state index in [4.69, 9.17) is 4.99 Å². The zero-order valence-corrected chi connectivity index (χ0v) is 33.5. The molecule has 3 heterocycles. The van der Waals surface area contributed by atoms with E-state index in [0.717, 1.165) is 69.3 Å². The summed E-state index contributed by atoms with van der Waals surface area (Å²) in [4.78, 5) is 38.3. The molecule has 9 nitrogen and oxygen atoms in total. The van der Waals surface area contributed by atoms with Crippen LogP contribution in [0, 0.1) is 17.4 Å². The molecule has 5 rings (SSSR count). The maximum Gasteiger partial charge on any atom is 0.247 e. The van der Waals surface area contributed by atoms with Crippen LogP contribution in [0.2, 0.25) is 0 Å². The number of nitriles is 1. The van der Waals surface area contributed by atoms with E-state index in [0.29, 0.717) is 37.9 Å². The third-order valence-electron chi connectivity index (χ3n) is 11.3. The van der Waals surface area contributed by atoms with E-state index in [2.05, 4.69) is 80.6 Å². The number of nitrogens with one attached hydrogen (secondary N) is 2. The molecule has 2 N–H and O–H groups in total. The van der Waals surface area contributed by atoms with E-state index >= 15 is 0 Å². The van der Waals surface area contributed by atoms with E-state index in [1.807, 2.05) is 28.0 Å². The van der Waals surface area contributed by atoms with Gasteiger partial charge in [0.25, 0.3) is 0 Å². The number of amides is 2. The van der Waals surface area contributed by atoms with Crippen molar-refractivity contribution in [1.82, 2.24) is 20.0 Å². The van der Waals surface area contributed by atoms with Gasteiger partial charge in [-0.15, -0.1) is 0 Å². The molecule has 2 aromatic rings. The molecule has 2 amide bonds. The lowest BCUT2D eigenvalue weighted by Crippen LogP contribution is -2.53. The molecular weight excluding hydrogens is 659 g/mol. The average Bonchev–Trinajstić information content (AvgIpc) is 3.18. The number of piperidine rings is 2. The minimum absolute atomic E-state index is 0.0330. The Kier molecular flexibility index (Phi) is 17.5. The second kappa shape index (κ2) is 22.2. The van der Waals surface area contributed by atoms with Gasteiger partial charge in [0.2, 0.25) is 17.8 Å². The summed E-state index contributed by atoms with van der Waals surface area (Å²) in [6.45, 7) is 14.9. The number of para-hydroxylation sites is 1. The molecule has 2 fully saturated rings. The number of likely N-dealkylation sites (tertiary alicyclic amines) is 2. The number of anilines is 1. The van der Waals surface area contributed by atoms with Crippen molar-refractivity contribution in [1.29, 1.82) is 5.26 Å². The normalized spacial score (nSPS) is 17.8. The number of hydrogen-bond donors (Lipinski definition) is 2. The summed E-state index contributed by atoms with van der Waals surface area (Å²) in [5, 5.41) is 15.9. The van der Waals surface area contributed by atoms with Crippen molar-refractivity contribution in [3.63, 3.8) is 0 Å². The van der Waals surface area contributed by atoms with E-state index in [1.165, 1.54) is 55.2 Å². The van der Waals surface area contributed by atoms with Crippen LogP contribution in [0.25, 0.3) is 0 Å². The molecule has 0 bridgehead atoms. The lowest BCUT2D eigenvalue weighted by Gasteiger charge is -2.40. The molecule has 0 aliphatic carbocycles. The summed E-state index contributed by atoms with van der Waals surface area (Å²) in [7, 11) is 0. The molecule has 2 saturated heterocycles. The quantitative estimate of drug-likeness (QED) is 0.0764. The van der Waals surface area contributed by atoms with E-state index in [-0.39, 0.29) is 24.4 Å². The zero-order chi connectivity index (χ0) is 38.0. The third kappa shape index (κ3) is 12.5. The first-order chi connectivity index (χ1) is 25.8. The number of aliphatic imine (C=N–C) groups is 1. The van der Waals surface area contributed by atoms with Gasteiger partial charge in [-0.3, -0.25) is 14.9 Å². The van der Waals surface area contributed by atoms with Crippen molar-refractivity contribution in [2.75, 3.05) is 44.6 Å². The van der Waals surface area contributed by atoms with Crippen molar-refractivity contribution >= 4 is 23.5 Å². The molecular formula is C44H67N7O2. The Morgan fingerprint density at radius 2 is 1.55 bits per heavy atom. The number of rotatable bonds is 12. The van der Waals surface area contributed by atoms with Gasteiger partial charge in [-0.1, -0.05) is 110 Å². The first-order valence-electron chi connectivity index (χ1n) is 20.8. The molecule has 290 valence electrons. The third-order valence-corrected chi connectivity index (χ3v) is 11.3. The number of nitrogens with zero attached hydrogens (tertiary/aromatic N) is 5. The van der Waals surface area contributed by atoms with Crippen molar-refractivity contribution in [2.24, 2.45) is 10.9 Å². The van der Waals surface area contributed by atoms with Gasteiger partial charge in [0, 0.05) is 50.9 Å². The summed E-state index contributed by atoms with van der Waals surface area (Å²) < 4.78 is 0. The lowest BCUT2D eigenvalue weighted by atomic mass is 9.95. The Bertz CT molecular complexity index is 1500. The fraction of sp³-hybridized carbons (Fsp3) is 0.636. The van der Waals surface area contributed by atoms with Crippen molar-refractivity contribution in [3.05, 3.63) is 64.7 Å². The van der Waals surface area contributed by atoms with Crippen LogP contribution in [0.4, 0.5) is 5.69 Å². The predicted octanol–water partition coefficient (Wildman–Crippen LogP) is 7.74. The van der Waals surface area contributed by atoms with Gasteiger partial charge in [0.05, 0.1) is 6.54 Å². The first kappa shape index (κ1) is 41.7. The number of unbranched alkanes of at least 4 members (excludes halogenated alkanes) is 5. The maximum absolute atomic E-state index is 14.0. The second-order valence-electron chi connectivity index (χ2n) is 15.2. The largest absolute Gasteiger partial charge is 0.376 e. The van der Waals surface area contributed by atoms with Gasteiger partial charge in [-0.2, -0.15) is 5.26 Å². The fourth-order valence-corrected chi connectivity index (χ4v) is 7.90. The summed E-state index contributed by atoms with van der Waals surface area (Å²) in [6.07, 6.45) is 17.4. The predicted molar refractivity (Wildman–Crippen MR) is 218 cm³/mol. The van der Waals surface area contributed by atoms with Crippen molar-refractivity contribution in [2.45, 2.75) is 137 Å². The van der Waals surface area contributed by atoms with E-state index < -0.39 is 6.04 Å². The number of aryl methyl sites for hydroxylation is 2. The Balaban J connectivity index is 0.000000703. The highest BCUT2D eigenvalue weighted by atomic mass is 16.2. The van der Waals surface area contributed by atoms with Gasteiger partial charge in [-0.05, 0) is 79.2 Å². The number of carbonyl (C=O) groups excluding carboxylic acids is 2. The van der Waals surface area contributed by atoms with Gasteiger partial charge in [0.1, 0.15) is 6.04 Å². The molecule has 0 saturated carbocycles. The van der Waals surface area contributed by atoms with Gasteiger partial charge < -0.3 is 20.0 Å². The number of fused-ring (bicyclic) bond motifs is 1. The van der Waals surface area contributed by atoms with Gasteiger partial charge >= 0.3 is 0 Å². The molecule has 3 aliphatic rings. The number of carbonyl (C=O) groups is 2. The van der Waals surface area contributed by atoms with E-state index in [9.17, 15) is 14.9 Å². The summed E-state index contributed by atoms with van der Waals surface area (Å²) >= 11 is 0. The minimum atomic E-state index is -0.619. The molecule has 3 aliphatic heterocycles. The molecule has 53 heavy (non-hydrogen) atoms. The summed E-state index contributed by atoms with van der Waals surface area (Å²) in [6, 6.07) is 14.2. The monoisotopic (exact) mass is 726 g/mol. The second-order valence-corrected chi connectivity index (χ2v) is 15.2. The highest BCUT2D eigenvalue weighted by Gasteiger charge is 2.32. The van der Waals surface area contributed by atoms with Crippen LogP contribution in [-0.4, -0.2) is 83.8 Å². The van der Waals surface area contributed by atoms with Crippen LogP contribution in [0.15, 0.2) is 47.5 Å². The Morgan fingerprint density at radius 3 is 2.19 bits per heavy atom. The van der Waals surface area contributed by atoms with Crippen LogP contribution in [0.5, 0.6) is 0 Å². The zero-order valence-electron chi connectivity index (χ0n) is 33.5. The molecule has 0 unspecified atom stereocenters. The number of benzene rings is 2. The van der Waals surface area contributed by atoms with Crippen LogP contribution in [0.3, 0.4) is 0 Å². The lowest BCUT2D eigenvalue weighted by molar-refractivity contribution is -0.134. The van der Waals surface area contributed by atoms with Crippen LogP contribution in [-0.2, 0) is 35.3 Å². The minimum Gasteiger partial charge on any atom is -0.376 e.